The summed E-state index contributed by atoms with van der Waals surface area (Å²) in [7, 11) is 0. The first-order valence-electron chi connectivity index (χ1n) is 7.71. The Bertz CT molecular complexity index is 858. The highest BCUT2D eigenvalue weighted by Gasteiger charge is 2.54. The van der Waals surface area contributed by atoms with Gasteiger partial charge in [-0.25, -0.2) is 9.07 Å². The minimum Gasteiger partial charge on any atom is -0.377 e. The monoisotopic (exact) mass is 308 g/mol. The predicted octanol–water partition coefficient (Wildman–Crippen LogP) is 3.12. The van der Waals surface area contributed by atoms with E-state index in [4.69, 9.17) is 6.42 Å². The third kappa shape index (κ3) is 1.83. The van der Waals surface area contributed by atoms with Gasteiger partial charge in [-0.05, 0) is 55.2 Å². The molecule has 4 rings (SSSR count). The average Bonchev–Trinajstić information content (AvgIpc) is 3.05. The zero-order chi connectivity index (χ0) is 16.2. The maximum absolute atomic E-state index is 13.1. The molecule has 1 aromatic heterocycles. The number of hydrogen-bond acceptors (Lipinski definition) is 2. The highest BCUT2D eigenvalue weighted by Crippen LogP contribution is 2.54. The molecular formula is C19H17FN2O. The van der Waals surface area contributed by atoms with Gasteiger partial charge < -0.3 is 5.11 Å². The Morgan fingerprint density at radius 1 is 1.35 bits per heavy atom. The first-order valence-corrected chi connectivity index (χ1v) is 7.71. The molecule has 1 heterocycles. The van der Waals surface area contributed by atoms with Crippen molar-refractivity contribution in [3.8, 4) is 18.0 Å². The molecule has 2 aliphatic rings. The summed E-state index contributed by atoms with van der Waals surface area (Å²) in [6, 6.07) is 6.27. The fraction of sp³-hybridized carbons (Fsp3) is 0.316. The molecule has 0 radical (unpaired) electrons. The first kappa shape index (κ1) is 14.2. The van der Waals surface area contributed by atoms with Crippen LogP contribution in [0.3, 0.4) is 0 Å². The predicted molar refractivity (Wildman–Crippen MR) is 86.3 cm³/mol. The molecule has 1 saturated carbocycles. The Kier molecular flexibility index (Phi) is 2.82. The average molecular weight is 308 g/mol. The largest absolute Gasteiger partial charge is 0.377 e. The van der Waals surface area contributed by atoms with Gasteiger partial charge in [0.1, 0.15) is 11.4 Å². The van der Waals surface area contributed by atoms with Crippen LogP contribution >= 0.6 is 0 Å². The summed E-state index contributed by atoms with van der Waals surface area (Å²) in [4.78, 5) is 0. The van der Waals surface area contributed by atoms with Gasteiger partial charge in [-0.15, -0.1) is 6.42 Å². The van der Waals surface area contributed by atoms with E-state index < -0.39 is 11.0 Å². The fourth-order valence-corrected chi connectivity index (χ4v) is 3.87. The number of aromatic nitrogens is 2. The smallest absolute Gasteiger partial charge is 0.134 e. The van der Waals surface area contributed by atoms with Crippen LogP contribution in [0, 0.1) is 23.6 Å². The van der Waals surface area contributed by atoms with E-state index in [-0.39, 0.29) is 5.82 Å². The van der Waals surface area contributed by atoms with Gasteiger partial charge in [0.05, 0.1) is 17.6 Å². The molecule has 0 bridgehead atoms. The van der Waals surface area contributed by atoms with E-state index in [0.717, 1.165) is 28.9 Å². The van der Waals surface area contributed by atoms with Gasteiger partial charge in [-0.1, -0.05) is 18.4 Å². The fourth-order valence-electron chi connectivity index (χ4n) is 3.87. The molecule has 0 amide bonds. The molecular weight excluding hydrogens is 291 g/mol. The zero-order valence-corrected chi connectivity index (χ0v) is 12.9. The minimum absolute atomic E-state index is 0.268. The van der Waals surface area contributed by atoms with Gasteiger partial charge in [0, 0.05) is 5.41 Å². The number of rotatable bonds is 1. The van der Waals surface area contributed by atoms with Crippen LogP contribution in [0.1, 0.15) is 31.0 Å². The Morgan fingerprint density at radius 3 is 2.78 bits per heavy atom. The van der Waals surface area contributed by atoms with Crippen molar-refractivity contribution in [3.63, 3.8) is 0 Å². The molecule has 4 heteroatoms. The van der Waals surface area contributed by atoms with Crippen LogP contribution in [-0.2, 0) is 6.42 Å². The quantitative estimate of drug-likeness (QED) is 0.822. The van der Waals surface area contributed by atoms with Crippen LogP contribution in [0.25, 0.3) is 11.8 Å². The standard InChI is InChI=1S/C19H17FN2O/c1-3-19(23)9-8-14-10-17-13(11-18(14,19)2)12-21-22(17)16-6-4-15(20)5-7-16/h1,4-7,10,12,23H,8-9,11H2,2H3/t18?,19-/m0/s1. The van der Waals surface area contributed by atoms with Crippen molar-refractivity contribution in [1.29, 1.82) is 0 Å². The lowest BCUT2D eigenvalue weighted by molar-refractivity contribution is 0.0155. The SMILES string of the molecule is C#C[C@]1(O)CCC2=Cc3c(cnn3-c3ccc(F)cc3)CC21C. The molecule has 2 aliphatic carbocycles. The van der Waals surface area contributed by atoms with Crippen LogP contribution in [0.4, 0.5) is 4.39 Å². The molecule has 23 heavy (non-hydrogen) atoms. The summed E-state index contributed by atoms with van der Waals surface area (Å²) < 4.78 is 14.9. The van der Waals surface area contributed by atoms with Gasteiger partial charge in [0.2, 0.25) is 0 Å². The van der Waals surface area contributed by atoms with Crippen molar-refractivity contribution in [3.05, 3.63) is 53.1 Å². The normalized spacial score (nSPS) is 28.7. The third-order valence-electron chi connectivity index (χ3n) is 5.43. The van der Waals surface area contributed by atoms with Crippen molar-refractivity contribution in [1.82, 2.24) is 9.78 Å². The number of terminal acetylenes is 1. The topological polar surface area (TPSA) is 38.1 Å². The van der Waals surface area contributed by atoms with E-state index in [2.05, 4.69) is 17.1 Å². The van der Waals surface area contributed by atoms with E-state index in [9.17, 15) is 9.50 Å². The van der Waals surface area contributed by atoms with Crippen molar-refractivity contribution in [2.75, 3.05) is 0 Å². The zero-order valence-electron chi connectivity index (χ0n) is 12.9. The molecule has 0 saturated heterocycles. The molecule has 1 N–H and O–H groups in total. The molecule has 3 nitrogen and oxygen atoms in total. The molecule has 116 valence electrons. The second kappa shape index (κ2) is 4.56. The highest BCUT2D eigenvalue weighted by molar-refractivity contribution is 5.63. The summed E-state index contributed by atoms with van der Waals surface area (Å²) in [6.07, 6.45) is 11.5. The number of benzene rings is 1. The van der Waals surface area contributed by atoms with Crippen LogP contribution in [-0.4, -0.2) is 20.5 Å². The second-order valence-electron chi connectivity index (χ2n) is 6.63. The van der Waals surface area contributed by atoms with Crippen LogP contribution < -0.4 is 0 Å². The summed E-state index contributed by atoms with van der Waals surface area (Å²) in [5.74, 6) is 2.33. The number of hydrogen-bond donors (Lipinski definition) is 1. The Morgan fingerprint density at radius 2 is 2.09 bits per heavy atom. The van der Waals surface area contributed by atoms with Crippen LogP contribution in [0.5, 0.6) is 0 Å². The lowest BCUT2D eigenvalue weighted by Crippen LogP contribution is -2.43. The van der Waals surface area contributed by atoms with E-state index in [1.54, 1.807) is 12.1 Å². The number of nitrogens with zero attached hydrogens (tertiary/aromatic N) is 2. The number of fused-ring (bicyclic) bond motifs is 2. The van der Waals surface area contributed by atoms with Gasteiger partial charge in [0.25, 0.3) is 0 Å². The van der Waals surface area contributed by atoms with E-state index in [0.29, 0.717) is 12.8 Å². The Hall–Kier alpha value is -2.38. The Balaban J connectivity index is 1.83. The molecule has 2 aromatic rings. The van der Waals surface area contributed by atoms with Gasteiger partial charge in [-0.2, -0.15) is 5.10 Å². The maximum atomic E-state index is 13.1. The number of halogens is 1. The Labute approximate surface area is 134 Å². The lowest BCUT2D eigenvalue weighted by Gasteiger charge is -2.39. The van der Waals surface area contributed by atoms with Crippen molar-refractivity contribution < 1.29 is 9.50 Å². The number of aliphatic hydroxyl groups is 1. The molecule has 1 unspecified atom stereocenters. The summed E-state index contributed by atoms with van der Waals surface area (Å²) in [5, 5.41) is 15.2. The first-order chi connectivity index (χ1) is 11.0. The minimum atomic E-state index is -1.10. The third-order valence-corrected chi connectivity index (χ3v) is 5.43. The highest BCUT2D eigenvalue weighted by atomic mass is 19.1. The molecule has 1 aromatic carbocycles. The van der Waals surface area contributed by atoms with Crippen molar-refractivity contribution in [2.45, 2.75) is 31.8 Å². The summed E-state index contributed by atoms with van der Waals surface area (Å²) >= 11 is 0. The van der Waals surface area contributed by atoms with E-state index in [1.807, 2.05) is 17.8 Å². The maximum Gasteiger partial charge on any atom is 0.134 e. The van der Waals surface area contributed by atoms with Gasteiger partial charge >= 0.3 is 0 Å². The summed E-state index contributed by atoms with van der Waals surface area (Å²) in [5.41, 5.74) is 2.48. The van der Waals surface area contributed by atoms with Crippen LogP contribution in [0.15, 0.2) is 36.0 Å². The van der Waals surface area contributed by atoms with E-state index >= 15 is 0 Å². The molecule has 0 aliphatic heterocycles. The van der Waals surface area contributed by atoms with Gasteiger partial charge in [0.15, 0.2) is 0 Å². The molecule has 1 fully saturated rings. The van der Waals surface area contributed by atoms with Gasteiger partial charge in [-0.3, -0.25) is 0 Å². The molecule has 2 atom stereocenters. The summed E-state index contributed by atoms with van der Waals surface area (Å²) in [6.45, 7) is 2.03. The van der Waals surface area contributed by atoms with Crippen LogP contribution in [0.2, 0.25) is 0 Å². The second-order valence-corrected chi connectivity index (χ2v) is 6.63. The lowest BCUT2D eigenvalue weighted by atomic mass is 9.67. The van der Waals surface area contributed by atoms with E-state index in [1.165, 1.54) is 12.1 Å². The molecule has 0 spiro atoms. The van der Waals surface area contributed by atoms with Crippen molar-refractivity contribution >= 4 is 6.08 Å². The van der Waals surface area contributed by atoms with Crippen molar-refractivity contribution in [2.24, 2.45) is 5.41 Å².